The van der Waals surface area contributed by atoms with Gasteiger partial charge < -0.3 is 20.5 Å². The number of hydrogen-bond acceptors (Lipinski definition) is 5. The average molecular weight is 314 g/mol. The fourth-order valence-corrected chi connectivity index (χ4v) is 2.23. The third-order valence-electron chi connectivity index (χ3n) is 2.63. The maximum absolute atomic E-state index is 11.6. The van der Waals surface area contributed by atoms with E-state index in [1.807, 2.05) is 0 Å². The summed E-state index contributed by atoms with van der Waals surface area (Å²) in [5.41, 5.74) is 0. The van der Waals surface area contributed by atoms with Gasteiger partial charge in [0.1, 0.15) is 6.04 Å². The van der Waals surface area contributed by atoms with Crippen molar-refractivity contribution in [2.24, 2.45) is 0 Å². The molecule has 0 aliphatic rings. The van der Waals surface area contributed by atoms with Gasteiger partial charge in [0.15, 0.2) is 0 Å². The highest BCUT2D eigenvalue weighted by Crippen LogP contribution is 2.07. The number of carboxylic acid groups (broad SMARTS) is 1. The van der Waals surface area contributed by atoms with E-state index in [9.17, 15) is 14.4 Å². The topological polar surface area (TPSA) is 105 Å². The lowest BCUT2D eigenvalue weighted by atomic mass is 10.1. The van der Waals surface area contributed by atoms with Gasteiger partial charge in [0.2, 0.25) is 5.91 Å². The van der Waals surface area contributed by atoms with E-state index in [4.69, 9.17) is 9.84 Å². The van der Waals surface area contributed by atoms with Crippen LogP contribution in [-0.4, -0.2) is 49.2 Å². The van der Waals surface area contributed by atoms with Crippen LogP contribution in [0.1, 0.15) is 22.5 Å². The maximum Gasteiger partial charge on any atom is 0.326 e. The molecule has 1 heterocycles. The molecule has 1 aromatic rings. The smallest absolute Gasteiger partial charge is 0.326 e. The van der Waals surface area contributed by atoms with Crippen LogP contribution in [0.3, 0.4) is 0 Å². The Morgan fingerprint density at radius 3 is 2.76 bits per heavy atom. The van der Waals surface area contributed by atoms with Crippen LogP contribution in [0.25, 0.3) is 0 Å². The number of carbonyl (C=O) groups is 3. The van der Waals surface area contributed by atoms with E-state index in [1.165, 1.54) is 18.4 Å². The second-order valence-electron chi connectivity index (χ2n) is 4.25. The molecular weight excluding hydrogens is 296 g/mol. The van der Waals surface area contributed by atoms with Crippen LogP contribution in [0.5, 0.6) is 0 Å². The Labute approximate surface area is 126 Å². The number of carboxylic acids is 1. The third-order valence-corrected chi connectivity index (χ3v) is 3.50. The molecule has 21 heavy (non-hydrogen) atoms. The molecule has 0 aliphatic carbocycles. The standard InChI is InChI=1S/C13H18N2O5S/c1-20-6-2-4-9(13(18)19)15-11(16)8-14-12(17)10-5-3-7-21-10/h3,5,7,9H,2,4,6,8H2,1H3,(H,14,17)(H,15,16)(H,18,19). The number of ether oxygens (including phenoxy) is 1. The van der Waals surface area contributed by atoms with Gasteiger partial charge in [-0.1, -0.05) is 6.07 Å². The zero-order valence-electron chi connectivity index (χ0n) is 11.6. The number of methoxy groups -OCH3 is 1. The van der Waals surface area contributed by atoms with Crippen molar-refractivity contribution in [3.05, 3.63) is 22.4 Å². The number of aliphatic carboxylic acids is 1. The van der Waals surface area contributed by atoms with Crippen molar-refractivity contribution in [1.29, 1.82) is 0 Å². The highest BCUT2D eigenvalue weighted by Gasteiger charge is 2.19. The highest BCUT2D eigenvalue weighted by molar-refractivity contribution is 7.12. The largest absolute Gasteiger partial charge is 0.480 e. The van der Waals surface area contributed by atoms with Gasteiger partial charge in [-0.2, -0.15) is 0 Å². The summed E-state index contributed by atoms with van der Waals surface area (Å²) in [5, 5.41) is 15.6. The minimum absolute atomic E-state index is 0.259. The molecule has 1 unspecified atom stereocenters. The molecule has 0 saturated heterocycles. The van der Waals surface area contributed by atoms with E-state index in [2.05, 4.69) is 10.6 Å². The summed E-state index contributed by atoms with van der Waals surface area (Å²) in [6.45, 7) is 0.166. The summed E-state index contributed by atoms with van der Waals surface area (Å²) in [6.07, 6.45) is 0.795. The normalized spacial score (nSPS) is 11.7. The van der Waals surface area contributed by atoms with Crippen molar-refractivity contribution in [3.63, 3.8) is 0 Å². The van der Waals surface area contributed by atoms with Gasteiger partial charge in [-0.05, 0) is 24.3 Å². The van der Waals surface area contributed by atoms with Crippen LogP contribution in [0.15, 0.2) is 17.5 Å². The highest BCUT2D eigenvalue weighted by atomic mass is 32.1. The second kappa shape index (κ2) is 9.09. The Bertz CT molecular complexity index is 475. The predicted molar refractivity (Wildman–Crippen MR) is 77.3 cm³/mol. The summed E-state index contributed by atoms with van der Waals surface area (Å²) in [4.78, 5) is 34.8. The van der Waals surface area contributed by atoms with E-state index >= 15 is 0 Å². The Hall–Kier alpha value is -1.93. The van der Waals surface area contributed by atoms with Crippen LogP contribution < -0.4 is 10.6 Å². The number of carbonyl (C=O) groups excluding carboxylic acids is 2. The SMILES string of the molecule is COCCCC(NC(=O)CNC(=O)c1cccs1)C(=O)O. The van der Waals surface area contributed by atoms with E-state index in [-0.39, 0.29) is 18.9 Å². The summed E-state index contributed by atoms with van der Waals surface area (Å²) < 4.78 is 4.84. The molecule has 0 fully saturated rings. The Balaban J connectivity index is 2.36. The fourth-order valence-electron chi connectivity index (χ4n) is 1.59. The monoisotopic (exact) mass is 314 g/mol. The Morgan fingerprint density at radius 1 is 1.43 bits per heavy atom. The fraction of sp³-hybridized carbons (Fsp3) is 0.462. The Morgan fingerprint density at radius 2 is 2.19 bits per heavy atom. The predicted octanol–water partition coefficient (Wildman–Crippen LogP) is 0.474. The van der Waals surface area contributed by atoms with Crippen molar-refractivity contribution < 1.29 is 24.2 Å². The van der Waals surface area contributed by atoms with E-state index < -0.39 is 17.9 Å². The van der Waals surface area contributed by atoms with Crippen molar-refractivity contribution in [2.75, 3.05) is 20.3 Å². The Kier molecular flexibility index (Phi) is 7.41. The van der Waals surface area contributed by atoms with E-state index in [0.29, 0.717) is 17.9 Å². The first kappa shape index (κ1) is 17.1. The summed E-state index contributed by atoms with van der Waals surface area (Å²) in [6, 6.07) is 2.39. The first-order chi connectivity index (χ1) is 10.0. The molecule has 0 saturated carbocycles. The molecule has 1 atom stereocenters. The lowest BCUT2D eigenvalue weighted by Crippen LogP contribution is -2.45. The van der Waals surface area contributed by atoms with Crippen LogP contribution in [0.4, 0.5) is 0 Å². The van der Waals surface area contributed by atoms with Crippen molar-refractivity contribution in [2.45, 2.75) is 18.9 Å². The number of thiophene rings is 1. The van der Waals surface area contributed by atoms with Crippen molar-refractivity contribution in [1.82, 2.24) is 10.6 Å². The third kappa shape index (κ3) is 6.37. The summed E-state index contributed by atoms with van der Waals surface area (Å²) >= 11 is 1.26. The van der Waals surface area contributed by atoms with Gasteiger partial charge in [0.25, 0.3) is 5.91 Å². The lowest BCUT2D eigenvalue weighted by molar-refractivity contribution is -0.141. The van der Waals surface area contributed by atoms with Crippen molar-refractivity contribution in [3.8, 4) is 0 Å². The van der Waals surface area contributed by atoms with E-state index in [1.54, 1.807) is 17.5 Å². The molecular formula is C13H18N2O5S. The number of nitrogens with one attached hydrogen (secondary N) is 2. The molecule has 3 N–H and O–H groups in total. The van der Waals surface area contributed by atoms with Crippen LogP contribution in [0.2, 0.25) is 0 Å². The molecule has 0 spiro atoms. The van der Waals surface area contributed by atoms with Gasteiger partial charge in [0.05, 0.1) is 11.4 Å². The molecule has 8 heteroatoms. The molecule has 1 rings (SSSR count). The van der Waals surface area contributed by atoms with Crippen LogP contribution in [0, 0.1) is 0 Å². The molecule has 7 nitrogen and oxygen atoms in total. The van der Waals surface area contributed by atoms with Crippen LogP contribution >= 0.6 is 11.3 Å². The van der Waals surface area contributed by atoms with Gasteiger partial charge >= 0.3 is 5.97 Å². The molecule has 0 aliphatic heterocycles. The van der Waals surface area contributed by atoms with Gasteiger partial charge in [-0.25, -0.2) is 4.79 Å². The zero-order chi connectivity index (χ0) is 15.7. The quantitative estimate of drug-likeness (QED) is 0.575. The number of hydrogen-bond donors (Lipinski definition) is 3. The number of amides is 2. The van der Waals surface area contributed by atoms with Crippen molar-refractivity contribution >= 4 is 29.1 Å². The van der Waals surface area contributed by atoms with E-state index in [0.717, 1.165) is 0 Å². The first-order valence-corrected chi connectivity index (χ1v) is 7.25. The molecule has 1 aromatic heterocycles. The molecule has 0 radical (unpaired) electrons. The summed E-state index contributed by atoms with van der Waals surface area (Å²) in [5.74, 6) is -2.00. The van der Waals surface area contributed by atoms with Gasteiger partial charge in [-0.3, -0.25) is 9.59 Å². The minimum Gasteiger partial charge on any atom is -0.480 e. The second-order valence-corrected chi connectivity index (χ2v) is 5.20. The minimum atomic E-state index is -1.11. The maximum atomic E-state index is 11.6. The average Bonchev–Trinajstić information content (AvgIpc) is 2.98. The molecule has 0 aromatic carbocycles. The summed E-state index contributed by atoms with van der Waals surface area (Å²) in [7, 11) is 1.52. The zero-order valence-corrected chi connectivity index (χ0v) is 12.4. The lowest BCUT2D eigenvalue weighted by Gasteiger charge is -2.14. The van der Waals surface area contributed by atoms with Gasteiger partial charge in [-0.15, -0.1) is 11.3 Å². The molecule has 2 amide bonds. The molecule has 116 valence electrons. The number of rotatable bonds is 9. The first-order valence-electron chi connectivity index (χ1n) is 6.37. The van der Waals surface area contributed by atoms with Crippen LogP contribution in [-0.2, 0) is 14.3 Å². The molecule has 0 bridgehead atoms. The van der Waals surface area contributed by atoms with Gasteiger partial charge in [0, 0.05) is 13.7 Å².